The van der Waals surface area contributed by atoms with Gasteiger partial charge in [0.2, 0.25) is 0 Å². The lowest BCUT2D eigenvalue weighted by Gasteiger charge is -2.13. The Morgan fingerprint density at radius 2 is 1.68 bits per heavy atom. The fourth-order valence-corrected chi connectivity index (χ4v) is 3.78. The first-order valence-electron chi connectivity index (χ1n) is 6.55. The maximum Gasteiger partial charge on any atom is 0.138 e. The number of hydrogen-bond donors (Lipinski definition) is 2. The molecule has 0 aliphatic heterocycles. The molecule has 0 unspecified atom stereocenters. The first-order valence-corrected chi connectivity index (χ1v) is 8.93. The molecular formula is C17H12Br3NO. The van der Waals surface area contributed by atoms with Crippen molar-refractivity contribution < 1.29 is 5.11 Å². The van der Waals surface area contributed by atoms with Crippen LogP contribution in [0.5, 0.6) is 5.75 Å². The van der Waals surface area contributed by atoms with Gasteiger partial charge in [0.15, 0.2) is 0 Å². The van der Waals surface area contributed by atoms with Gasteiger partial charge in [-0.3, -0.25) is 0 Å². The predicted octanol–water partition coefficient (Wildman–Crippen LogP) is 6.39. The molecule has 3 rings (SSSR count). The molecule has 0 spiro atoms. The third-order valence-corrected chi connectivity index (χ3v) is 6.28. The number of nitrogens with two attached hydrogens (primary N) is 1. The van der Waals surface area contributed by atoms with E-state index in [-0.39, 0.29) is 5.75 Å². The number of aryl methyl sites for hydroxylation is 1. The minimum Gasteiger partial charge on any atom is -0.506 e. The Balaban J connectivity index is 2.35. The summed E-state index contributed by atoms with van der Waals surface area (Å²) in [7, 11) is 0. The lowest BCUT2D eigenvalue weighted by atomic mass is 9.97. The van der Waals surface area contributed by atoms with Gasteiger partial charge in [0, 0.05) is 25.6 Å². The van der Waals surface area contributed by atoms with Gasteiger partial charge in [0.1, 0.15) is 5.75 Å². The second-order valence-electron chi connectivity index (χ2n) is 5.15. The molecule has 0 fully saturated rings. The Labute approximate surface area is 153 Å². The molecule has 2 nitrogen and oxygen atoms in total. The highest BCUT2D eigenvalue weighted by Gasteiger charge is 2.15. The van der Waals surface area contributed by atoms with Crippen molar-refractivity contribution in [3.05, 3.63) is 55.4 Å². The van der Waals surface area contributed by atoms with E-state index in [1.807, 2.05) is 43.3 Å². The lowest BCUT2D eigenvalue weighted by Crippen LogP contribution is -1.90. The van der Waals surface area contributed by atoms with Crippen LogP contribution in [-0.2, 0) is 0 Å². The van der Waals surface area contributed by atoms with Gasteiger partial charge in [-0.2, -0.15) is 0 Å². The number of hydrogen-bond acceptors (Lipinski definition) is 2. The summed E-state index contributed by atoms with van der Waals surface area (Å²) in [5.41, 5.74) is 9.50. The maximum absolute atomic E-state index is 10.6. The molecule has 5 heteroatoms. The van der Waals surface area contributed by atoms with E-state index in [1.165, 1.54) is 0 Å². The molecule has 0 aromatic heterocycles. The number of aromatic hydroxyl groups is 1. The second kappa shape index (κ2) is 5.87. The summed E-state index contributed by atoms with van der Waals surface area (Å²) in [4.78, 5) is 0. The molecule has 3 aromatic rings. The predicted molar refractivity (Wildman–Crippen MR) is 103 cm³/mol. The van der Waals surface area contributed by atoms with Crippen LogP contribution < -0.4 is 5.73 Å². The second-order valence-corrected chi connectivity index (χ2v) is 7.65. The number of anilines is 1. The third-order valence-electron chi connectivity index (χ3n) is 3.60. The molecule has 0 saturated heterocycles. The minimum atomic E-state index is 0.240. The molecule has 22 heavy (non-hydrogen) atoms. The molecule has 0 radical (unpaired) electrons. The van der Waals surface area contributed by atoms with Crippen LogP contribution in [0.15, 0.2) is 49.8 Å². The molecule has 0 heterocycles. The third kappa shape index (κ3) is 2.66. The zero-order valence-corrected chi connectivity index (χ0v) is 16.4. The Kier molecular flexibility index (Phi) is 4.23. The molecule has 3 N–H and O–H groups in total. The van der Waals surface area contributed by atoms with E-state index >= 15 is 0 Å². The highest BCUT2D eigenvalue weighted by atomic mass is 79.9. The normalized spacial score (nSPS) is 11.1. The van der Waals surface area contributed by atoms with Crippen LogP contribution in [0.2, 0.25) is 0 Å². The van der Waals surface area contributed by atoms with E-state index in [4.69, 9.17) is 5.73 Å². The lowest BCUT2D eigenvalue weighted by molar-refractivity contribution is 0.478. The van der Waals surface area contributed by atoms with Crippen LogP contribution in [0.1, 0.15) is 5.56 Å². The number of nitrogen functional groups attached to an aromatic ring is 1. The van der Waals surface area contributed by atoms with Crippen molar-refractivity contribution in [1.82, 2.24) is 0 Å². The zero-order chi connectivity index (χ0) is 16.0. The Hall–Kier alpha value is -1.04. The summed E-state index contributed by atoms with van der Waals surface area (Å²) in [6, 6.07) is 11.8. The van der Waals surface area contributed by atoms with Crippen molar-refractivity contribution in [2.45, 2.75) is 6.92 Å². The van der Waals surface area contributed by atoms with Gasteiger partial charge in [-0.15, -0.1) is 0 Å². The van der Waals surface area contributed by atoms with E-state index < -0.39 is 0 Å². The Morgan fingerprint density at radius 3 is 2.36 bits per heavy atom. The van der Waals surface area contributed by atoms with E-state index in [1.54, 1.807) is 0 Å². The average molecular weight is 486 g/mol. The smallest absolute Gasteiger partial charge is 0.138 e. The van der Waals surface area contributed by atoms with Crippen molar-refractivity contribution in [1.29, 1.82) is 0 Å². The molecule has 0 bridgehead atoms. The van der Waals surface area contributed by atoms with Crippen molar-refractivity contribution in [2.75, 3.05) is 5.73 Å². The highest BCUT2D eigenvalue weighted by molar-refractivity contribution is 9.13. The summed E-state index contributed by atoms with van der Waals surface area (Å²) in [6.07, 6.45) is 0. The van der Waals surface area contributed by atoms with Gasteiger partial charge in [-0.1, -0.05) is 6.07 Å². The molecule has 0 amide bonds. The van der Waals surface area contributed by atoms with Gasteiger partial charge in [0.05, 0.1) is 4.47 Å². The summed E-state index contributed by atoms with van der Waals surface area (Å²) in [5.74, 6) is 0.240. The summed E-state index contributed by atoms with van der Waals surface area (Å²) in [6.45, 7) is 1.95. The van der Waals surface area contributed by atoms with E-state index in [0.717, 1.165) is 36.4 Å². The van der Waals surface area contributed by atoms with Crippen molar-refractivity contribution in [3.8, 4) is 16.9 Å². The van der Waals surface area contributed by atoms with Crippen LogP contribution in [0, 0.1) is 6.92 Å². The van der Waals surface area contributed by atoms with Gasteiger partial charge < -0.3 is 10.8 Å². The van der Waals surface area contributed by atoms with E-state index in [2.05, 4.69) is 47.8 Å². The monoisotopic (exact) mass is 483 g/mol. The first-order chi connectivity index (χ1) is 10.4. The molecular weight excluding hydrogens is 474 g/mol. The number of fused-ring (bicyclic) bond motifs is 1. The maximum atomic E-state index is 10.6. The van der Waals surface area contributed by atoms with Crippen molar-refractivity contribution in [3.63, 3.8) is 0 Å². The molecule has 0 atom stereocenters. The van der Waals surface area contributed by atoms with Crippen LogP contribution in [0.25, 0.3) is 21.9 Å². The summed E-state index contributed by atoms with van der Waals surface area (Å²) < 4.78 is 2.62. The van der Waals surface area contributed by atoms with Crippen molar-refractivity contribution in [2.24, 2.45) is 0 Å². The van der Waals surface area contributed by atoms with Crippen LogP contribution in [-0.4, -0.2) is 5.11 Å². The molecule has 112 valence electrons. The van der Waals surface area contributed by atoms with E-state index in [0.29, 0.717) is 10.2 Å². The van der Waals surface area contributed by atoms with Gasteiger partial charge in [-0.25, -0.2) is 0 Å². The standard InChI is InChI=1S/C17H12Br3NO/c1-8-4-11(21)5-10-6-12(16(20)17(22)15(8)10)9-2-3-13(18)14(19)7-9/h2-7,22H,21H2,1H3. The van der Waals surface area contributed by atoms with Crippen LogP contribution >= 0.6 is 47.8 Å². The molecule has 0 aliphatic carbocycles. The quantitative estimate of drug-likeness (QED) is 0.392. The number of phenols is 1. The largest absolute Gasteiger partial charge is 0.506 e. The molecule has 0 saturated carbocycles. The number of benzene rings is 3. The number of halogens is 3. The van der Waals surface area contributed by atoms with E-state index in [9.17, 15) is 5.11 Å². The fraction of sp³-hybridized carbons (Fsp3) is 0.0588. The van der Waals surface area contributed by atoms with Crippen LogP contribution in [0.4, 0.5) is 5.69 Å². The fourth-order valence-electron chi connectivity index (χ4n) is 2.61. The number of rotatable bonds is 1. The van der Waals surface area contributed by atoms with Gasteiger partial charge in [0.25, 0.3) is 0 Å². The van der Waals surface area contributed by atoms with Gasteiger partial charge in [-0.05, 0) is 102 Å². The molecule has 3 aromatic carbocycles. The van der Waals surface area contributed by atoms with Crippen molar-refractivity contribution >= 4 is 64.2 Å². The first kappa shape index (κ1) is 15.8. The Bertz CT molecular complexity index is 906. The SMILES string of the molecule is Cc1cc(N)cc2cc(-c3ccc(Br)c(Br)c3)c(Br)c(O)c12. The number of phenolic OH excluding ortho intramolecular Hbond substituents is 1. The van der Waals surface area contributed by atoms with Gasteiger partial charge >= 0.3 is 0 Å². The molecule has 0 aliphatic rings. The highest BCUT2D eigenvalue weighted by Crippen LogP contribution is 2.43. The summed E-state index contributed by atoms with van der Waals surface area (Å²) >= 11 is 10.5. The average Bonchev–Trinajstić information content (AvgIpc) is 2.45. The minimum absolute atomic E-state index is 0.240. The summed E-state index contributed by atoms with van der Waals surface area (Å²) in [5, 5.41) is 12.3. The van der Waals surface area contributed by atoms with Crippen LogP contribution in [0.3, 0.4) is 0 Å². The Morgan fingerprint density at radius 1 is 0.955 bits per heavy atom. The zero-order valence-electron chi connectivity index (χ0n) is 11.6. The topological polar surface area (TPSA) is 46.2 Å².